The number of hydrogen-bond donors (Lipinski definition) is 0. The van der Waals surface area contributed by atoms with Crippen molar-refractivity contribution in [3.8, 4) is 0 Å². The lowest BCUT2D eigenvalue weighted by Gasteiger charge is -2.08. The Morgan fingerprint density at radius 1 is 1.19 bits per heavy atom. The summed E-state index contributed by atoms with van der Waals surface area (Å²) >= 11 is 5.66. The highest BCUT2D eigenvalue weighted by Gasteiger charge is 2.33. The van der Waals surface area contributed by atoms with E-state index in [-0.39, 0.29) is 10.7 Å². The van der Waals surface area contributed by atoms with Crippen molar-refractivity contribution in [2.75, 3.05) is 0 Å². The van der Waals surface area contributed by atoms with Gasteiger partial charge in [-0.1, -0.05) is 11.6 Å². The predicted octanol–water partition coefficient (Wildman–Crippen LogP) is 3.61. The average molecular weight is 247 g/mol. The van der Waals surface area contributed by atoms with E-state index in [1.807, 2.05) is 0 Å². The van der Waals surface area contributed by atoms with Crippen molar-refractivity contribution in [3.05, 3.63) is 34.6 Å². The molecule has 0 atom stereocenters. The summed E-state index contributed by atoms with van der Waals surface area (Å²) in [5.41, 5.74) is 0.0682. The highest BCUT2D eigenvalue weighted by molar-refractivity contribution is 6.29. The number of aryl methyl sites for hydroxylation is 1. The molecule has 6 heteroatoms. The Hall–Kier alpha value is -1.36. The van der Waals surface area contributed by atoms with Gasteiger partial charge in [-0.25, -0.2) is 9.97 Å². The third-order valence-electron chi connectivity index (χ3n) is 2.10. The summed E-state index contributed by atoms with van der Waals surface area (Å²) < 4.78 is 37.4. The second-order valence-electron chi connectivity index (χ2n) is 3.32. The number of pyridine rings is 2. The Morgan fingerprint density at radius 2 is 1.88 bits per heavy atom. The van der Waals surface area contributed by atoms with E-state index >= 15 is 0 Å². The first-order chi connectivity index (χ1) is 7.38. The van der Waals surface area contributed by atoms with E-state index < -0.39 is 11.9 Å². The summed E-state index contributed by atoms with van der Waals surface area (Å²) in [5.74, 6) is 0. The van der Waals surface area contributed by atoms with Crippen LogP contribution in [0, 0.1) is 6.92 Å². The first kappa shape index (κ1) is 11.1. The standard InChI is InChI=1S/C10H6ClF3N2/c1-5-4-7(10(12,13)14)15-6-2-3-8(11)16-9(5)6/h2-4H,1H3. The SMILES string of the molecule is Cc1cc(C(F)(F)F)nc2ccc(Cl)nc12. The lowest BCUT2D eigenvalue weighted by atomic mass is 10.2. The first-order valence-electron chi connectivity index (χ1n) is 4.39. The van der Waals surface area contributed by atoms with Crippen molar-refractivity contribution in [1.29, 1.82) is 0 Å². The Kier molecular flexibility index (Phi) is 2.50. The predicted molar refractivity (Wildman–Crippen MR) is 54.3 cm³/mol. The fourth-order valence-corrected chi connectivity index (χ4v) is 1.54. The van der Waals surface area contributed by atoms with E-state index in [9.17, 15) is 13.2 Å². The molecule has 0 aliphatic carbocycles. The van der Waals surface area contributed by atoms with Gasteiger partial charge in [0.15, 0.2) is 0 Å². The highest BCUT2D eigenvalue weighted by atomic mass is 35.5. The van der Waals surface area contributed by atoms with Crippen molar-refractivity contribution in [2.24, 2.45) is 0 Å². The van der Waals surface area contributed by atoms with E-state index in [2.05, 4.69) is 9.97 Å². The Balaban J connectivity index is 2.74. The minimum atomic E-state index is -4.45. The molecule has 0 aliphatic rings. The fraction of sp³-hybridized carbons (Fsp3) is 0.200. The van der Waals surface area contributed by atoms with Crippen LogP contribution in [0.3, 0.4) is 0 Å². The number of aromatic nitrogens is 2. The van der Waals surface area contributed by atoms with Crippen molar-refractivity contribution in [1.82, 2.24) is 9.97 Å². The van der Waals surface area contributed by atoms with Crippen LogP contribution < -0.4 is 0 Å². The minimum absolute atomic E-state index is 0.191. The molecule has 16 heavy (non-hydrogen) atoms. The van der Waals surface area contributed by atoms with Crippen LogP contribution in [-0.2, 0) is 6.18 Å². The Labute approximate surface area is 94.1 Å². The quantitative estimate of drug-likeness (QED) is 0.664. The minimum Gasteiger partial charge on any atom is -0.242 e. The summed E-state index contributed by atoms with van der Waals surface area (Å²) in [6.45, 7) is 1.54. The summed E-state index contributed by atoms with van der Waals surface area (Å²) in [5, 5.41) is 0.233. The van der Waals surface area contributed by atoms with Crippen molar-refractivity contribution in [3.63, 3.8) is 0 Å². The summed E-state index contributed by atoms with van der Waals surface area (Å²) in [4.78, 5) is 7.44. The lowest BCUT2D eigenvalue weighted by Crippen LogP contribution is -2.08. The molecule has 0 bridgehead atoms. The molecule has 0 saturated carbocycles. The summed E-state index contributed by atoms with van der Waals surface area (Å²) in [6.07, 6.45) is -4.45. The molecule has 0 fully saturated rings. The maximum absolute atomic E-state index is 12.5. The molecule has 0 aliphatic heterocycles. The Morgan fingerprint density at radius 3 is 2.50 bits per heavy atom. The summed E-state index contributed by atoms with van der Waals surface area (Å²) in [6, 6.07) is 3.80. The number of hydrogen-bond acceptors (Lipinski definition) is 2. The second kappa shape index (κ2) is 3.59. The zero-order valence-corrected chi connectivity index (χ0v) is 8.89. The molecule has 0 unspecified atom stereocenters. The molecule has 2 rings (SSSR count). The van der Waals surface area contributed by atoms with Gasteiger partial charge in [0.25, 0.3) is 0 Å². The highest BCUT2D eigenvalue weighted by Crippen LogP contribution is 2.30. The van der Waals surface area contributed by atoms with Gasteiger partial charge in [-0.15, -0.1) is 0 Å². The number of rotatable bonds is 0. The molecule has 0 aromatic carbocycles. The third-order valence-corrected chi connectivity index (χ3v) is 2.31. The molecule has 0 N–H and O–H groups in total. The summed E-state index contributed by atoms with van der Waals surface area (Å²) in [7, 11) is 0. The molecule has 2 heterocycles. The third kappa shape index (κ3) is 1.95. The van der Waals surface area contributed by atoms with Crippen LogP contribution in [0.1, 0.15) is 11.3 Å². The second-order valence-corrected chi connectivity index (χ2v) is 3.71. The van der Waals surface area contributed by atoms with Gasteiger partial charge >= 0.3 is 6.18 Å². The molecule has 0 saturated heterocycles. The monoisotopic (exact) mass is 246 g/mol. The van der Waals surface area contributed by atoms with Crippen molar-refractivity contribution >= 4 is 22.6 Å². The average Bonchev–Trinajstić information content (AvgIpc) is 2.17. The molecule has 2 aromatic rings. The normalized spacial score (nSPS) is 12.1. The lowest BCUT2D eigenvalue weighted by molar-refractivity contribution is -0.141. The van der Waals surface area contributed by atoms with Crippen LogP contribution in [-0.4, -0.2) is 9.97 Å². The van der Waals surface area contributed by atoms with Crippen LogP contribution in [0.4, 0.5) is 13.2 Å². The van der Waals surface area contributed by atoms with Crippen LogP contribution >= 0.6 is 11.6 Å². The molecular weight excluding hydrogens is 241 g/mol. The topological polar surface area (TPSA) is 25.8 Å². The van der Waals surface area contributed by atoms with E-state index in [4.69, 9.17) is 11.6 Å². The van der Waals surface area contributed by atoms with E-state index in [1.54, 1.807) is 6.92 Å². The van der Waals surface area contributed by atoms with Gasteiger partial charge < -0.3 is 0 Å². The number of fused-ring (bicyclic) bond motifs is 1. The van der Waals surface area contributed by atoms with Crippen LogP contribution in [0.25, 0.3) is 11.0 Å². The molecule has 84 valence electrons. The van der Waals surface area contributed by atoms with Gasteiger partial charge in [-0.05, 0) is 30.7 Å². The van der Waals surface area contributed by atoms with Crippen LogP contribution in [0.15, 0.2) is 18.2 Å². The largest absolute Gasteiger partial charge is 0.433 e. The molecular formula is C10H6ClF3N2. The number of nitrogens with zero attached hydrogens (tertiary/aromatic N) is 2. The zero-order valence-electron chi connectivity index (χ0n) is 8.14. The van der Waals surface area contributed by atoms with Crippen molar-refractivity contribution in [2.45, 2.75) is 13.1 Å². The smallest absolute Gasteiger partial charge is 0.242 e. The van der Waals surface area contributed by atoms with E-state index in [0.717, 1.165) is 6.07 Å². The van der Waals surface area contributed by atoms with E-state index in [1.165, 1.54) is 12.1 Å². The van der Waals surface area contributed by atoms with Gasteiger partial charge in [0.05, 0.1) is 11.0 Å². The molecule has 2 aromatic heterocycles. The van der Waals surface area contributed by atoms with Gasteiger partial charge in [0.1, 0.15) is 10.8 Å². The molecule has 0 amide bonds. The first-order valence-corrected chi connectivity index (χ1v) is 4.77. The fourth-order valence-electron chi connectivity index (χ4n) is 1.39. The van der Waals surface area contributed by atoms with E-state index in [0.29, 0.717) is 11.1 Å². The van der Waals surface area contributed by atoms with Crippen molar-refractivity contribution < 1.29 is 13.2 Å². The molecule has 2 nitrogen and oxygen atoms in total. The maximum atomic E-state index is 12.5. The van der Waals surface area contributed by atoms with Gasteiger partial charge in [0.2, 0.25) is 0 Å². The molecule has 0 radical (unpaired) electrons. The van der Waals surface area contributed by atoms with Gasteiger partial charge in [-0.3, -0.25) is 0 Å². The Bertz CT molecular complexity index is 551. The zero-order chi connectivity index (χ0) is 11.9. The number of alkyl halides is 3. The van der Waals surface area contributed by atoms with Crippen LogP contribution in [0.2, 0.25) is 5.15 Å². The van der Waals surface area contributed by atoms with Crippen LogP contribution in [0.5, 0.6) is 0 Å². The maximum Gasteiger partial charge on any atom is 0.433 e. The van der Waals surface area contributed by atoms with Gasteiger partial charge in [-0.2, -0.15) is 13.2 Å². The van der Waals surface area contributed by atoms with Gasteiger partial charge in [0, 0.05) is 0 Å². The number of halogens is 4. The molecule has 0 spiro atoms.